The molecule has 0 bridgehead atoms. The Morgan fingerprint density at radius 2 is 1.37 bits per heavy atom. The SMILES string of the molecule is N=C(N)NCCC[C@H](NC(=O)[C@H](CCCNC(=N)N)NC(=O)CN)C(=O)O. The van der Waals surface area contributed by atoms with E-state index in [1.54, 1.807) is 0 Å². The largest absolute Gasteiger partial charge is 0.480 e. The third-order valence-corrected chi connectivity index (χ3v) is 3.42. The van der Waals surface area contributed by atoms with Crippen LogP contribution in [-0.2, 0) is 14.4 Å². The van der Waals surface area contributed by atoms with Crippen molar-refractivity contribution in [1.82, 2.24) is 21.3 Å². The summed E-state index contributed by atoms with van der Waals surface area (Å²) in [6.45, 7) is 0.296. The number of carboxylic acid groups (broad SMARTS) is 1. The fraction of sp³-hybridized carbons (Fsp3) is 0.643. The Balaban J connectivity index is 4.72. The molecule has 0 saturated carbocycles. The highest BCUT2D eigenvalue weighted by molar-refractivity contribution is 5.90. The van der Waals surface area contributed by atoms with Gasteiger partial charge in [0.05, 0.1) is 6.54 Å². The van der Waals surface area contributed by atoms with Crippen molar-refractivity contribution in [3.8, 4) is 0 Å². The van der Waals surface area contributed by atoms with Gasteiger partial charge in [0.1, 0.15) is 12.1 Å². The lowest BCUT2D eigenvalue weighted by Gasteiger charge is -2.21. The summed E-state index contributed by atoms with van der Waals surface area (Å²) in [5.74, 6) is -2.85. The van der Waals surface area contributed by atoms with Crippen LogP contribution in [0.1, 0.15) is 25.7 Å². The van der Waals surface area contributed by atoms with Crippen LogP contribution in [0.2, 0.25) is 0 Å². The number of rotatable bonds is 13. The maximum atomic E-state index is 12.4. The molecular weight excluding hydrogens is 358 g/mol. The highest BCUT2D eigenvalue weighted by Gasteiger charge is 2.25. The third-order valence-electron chi connectivity index (χ3n) is 3.42. The van der Waals surface area contributed by atoms with E-state index >= 15 is 0 Å². The van der Waals surface area contributed by atoms with Gasteiger partial charge in [-0.2, -0.15) is 0 Å². The number of amides is 2. The molecule has 0 fully saturated rings. The predicted molar refractivity (Wildman–Crippen MR) is 98.9 cm³/mol. The van der Waals surface area contributed by atoms with Crippen molar-refractivity contribution in [3.05, 3.63) is 0 Å². The van der Waals surface area contributed by atoms with Crippen LogP contribution >= 0.6 is 0 Å². The zero-order chi connectivity index (χ0) is 20.8. The van der Waals surface area contributed by atoms with E-state index in [-0.39, 0.29) is 31.3 Å². The molecule has 0 rings (SSSR count). The first-order valence-corrected chi connectivity index (χ1v) is 8.35. The first kappa shape index (κ1) is 23.9. The van der Waals surface area contributed by atoms with Crippen molar-refractivity contribution >= 4 is 29.7 Å². The molecule has 2 amide bonds. The molecular formula is C14H29N9O4. The highest BCUT2D eigenvalue weighted by atomic mass is 16.4. The molecule has 0 aromatic heterocycles. The number of guanidine groups is 2. The van der Waals surface area contributed by atoms with Crippen LogP contribution in [0.25, 0.3) is 0 Å². The summed E-state index contributed by atoms with van der Waals surface area (Å²) in [5, 5.41) is 33.3. The molecule has 0 unspecified atom stereocenters. The third kappa shape index (κ3) is 12.0. The van der Waals surface area contributed by atoms with E-state index in [9.17, 15) is 19.5 Å². The molecule has 154 valence electrons. The molecule has 13 N–H and O–H groups in total. The van der Waals surface area contributed by atoms with Crippen LogP contribution in [0, 0.1) is 10.8 Å². The van der Waals surface area contributed by atoms with Crippen LogP contribution in [0.3, 0.4) is 0 Å². The van der Waals surface area contributed by atoms with E-state index in [1.165, 1.54) is 0 Å². The zero-order valence-corrected chi connectivity index (χ0v) is 15.0. The summed E-state index contributed by atoms with van der Waals surface area (Å²) in [4.78, 5) is 35.3. The summed E-state index contributed by atoms with van der Waals surface area (Å²) in [5.41, 5.74) is 15.5. The summed E-state index contributed by atoms with van der Waals surface area (Å²) in [7, 11) is 0. The number of carbonyl (C=O) groups excluding carboxylic acids is 2. The van der Waals surface area contributed by atoms with Crippen LogP contribution in [-0.4, -0.2) is 66.5 Å². The molecule has 0 aliphatic carbocycles. The van der Waals surface area contributed by atoms with Crippen molar-refractivity contribution in [3.63, 3.8) is 0 Å². The Hall–Kier alpha value is -3.09. The number of nitrogens with two attached hydrogens (primary N) is 3. The van der Waals surface area contributed by atoms with Gasteiger partial charge in [0.2, 0.25) is 11.8 Å². The van der Waals surface area contributed by atoms with Gasteiger partial charge in [0, 0.05) is 13.1 Å². The van der Waals surface area contributed by atoms with Crippen molar-refractivity contribution in [1.29, 1.82) is 10.8 Å². The second kappa shape index (κ2) is 13.2. The normalized spacial score (nSPS) is 12.3. The van der Waals surface area contributed by atoms with Crippen molar-refractivity contribution in [2.75, 3.05) is 19.6 Å². The fourth-order valence-electron chi connectivity index (χ4n) is 2.11. The first-order valence-electron chi connectivity index (χ1n) is 8.35. The van der Waals surface area contributed by atoms with Crippen LogP contribution < -0.4 is 38.5 Å². The smallest absolute Gasteiger partial charge is 0.326 e. The Morgan fingerprint density at radius 1 is 0.889 bits per heavy atom. The average Bonchev–Trinajstić information content (AvgIpc) is 2.58. The summed E-state index contributed by atoms with van der Waals surface area (Å²) in [6, 6.07) is -2.12. The van der Waals surface area contributed by atoms with E-state index in [0.717, 1.165) is 0 Å². The Labute approximate surface area is 156 Å². The number of nitrogens with one attached hydrogen (secondary N) is 6. The van der Waals surface area contributed by atoms with Gasteiger partial charge >= 0.3 is 5.97 Å². The fourth-order valence-corrected chi connectivity index (χ4v) is 2.11. The molecule has 0 spiro atoms. The average molecular weight is 387 g/mol. The molecule has 0 aromatic carbocycles. The maximum absolute atomic E-state index is 12.4. The minimum Gasteiger partial charge on any atom is -0.480 e. The van der Waals surface area contributed by atoms with E-state index in [1.807, 2.05) is 0 Å². The van der Waals surface area contributed by atoms with Gasteiger partial charge in [-0.3, -0.25) is 20.4 Å². The van der Waals surface area contributed by atoms with Crippen LogP contribution in [0.5, 0.6) is 0 Å². The molecule has 0 saturated heterocycles. The van der Waals surface area contributed by atoms with E-state index in [4.69, 9.17) is 28.0 Å². The number of hydrogen-bond donors (Lipinski definition) is 10. The first-order chi connectivity index (χ1) is 12.7. The second-order valence-electron chi connectivity index (χ2n) is 5.69. The van der Waals surface area contributed by atoms with Gasteiger partial charge in [-0.15, -0.1) is 0 Å². The lowest BCUT2D eigenvalue weighted by molar-refractivity contribution is -0.142. The zero-order valence-electron chi connectivity index (χ0n) is 15.0. The van der Waals surface area contributed by atoms with Crippen LogP contribution in [0.4, 0.5) is 0 Å². The van der Waals surface area contributed by atoms with Gasteiger partial charge in [-0.25, -0.2) is 4.79 Å². The number of carboxylic acids is 1. The lowest BCUT2D eigenvalue weighted by Crippen LogP contribution is -2.52. The van der Waals surface area contributed by atoms with Crippen molar-refractivity contribution < 1.29 is 19.5 Å². The predicted octanol–water partition coefficient (Wildman–Crippen LogP) is -3.47. The van der Waals surface area contributed by atoms with E-state index < -0.39 is 29.9 Å². The molecule has 0 aliphatic heterocycles. The molecule has 0 heterocycles. The van der Waals surface area contributed by atoms with Crippen molar-refractivity contribution in [2.45, 2.75) is 37.8 Å². The van der Waals surface area contributed by atoms with Gasteiger partial charge in [-0.1, -0.05) is 0 Å². The number of carbonyl (C=O) groups is 3. The molecule has 2 atom stereocenters. The Morgan fingerprint density at radius 3 is 1.78 bits per heavy atom. The monoisotopic (exact) mass is 387 g/mol. The van der Waals surface area contributed by atoms with Crippen molar-refractivity contribution in [2.24, 2.45) is 17.2 Å². The van der Waals surface area contributed by atoms with Gasteiger partial charge in [0.25, 0.3) is 0 Å². The number of aliphatic carboxylic acids is 1. The molecule has 27 heavy (non-hydrogen) atoms. The molecule has 0 aliphatic rings. The maximum Gasteiger partial charge on any atom is 0.326 e. The summed E-state index contributed by atoms with van der Waals surface area (Å²) >= 11 is 0. The van der Waals surface area contributed by atoms with Gasteiger partial charge < -0.3 is 43.6 Å². The minimum absolute atomic E-state index is 0.116. The summed E-state index contributed by atoms with van der Waals surface area (Å²) in [6.07, 6.45) is 1.09. The molecule has 0 radical (unpaired) electrons. The standard InChI is InChI=1S/C14H29N9O4/c15-7-10(24)22-8(3-1-5-20-13(16)17)11(25)23-9(12(26)27)4-2-6-21-14(18)19/h8-9H,1-7,15H2,(H,22,24)(H,23,25)(H,26,27)(H4,16,17,20)(H4,18,19,21)/t8-,9-/m0/s1. The molecule has 13 heteroatoms. The molecule has 0 aromatic rings. The topological polar surface area (TPSA) is 245 Å². The Kier molecular flexibility index (Phi) is 11.7. The molecule has 13 nitrogen and oxygen atoms in total. The van der Waals surface area contributed by atoms with Crippen LogP contribution in [0.15, 0.2) is 0 Å². The second-order valence-corrected chi connectivity index (χ2v) is 5.69. The minimum atomic E-state index is -1.21. The number of hydrogen-bond acceptors (Lipinski definition) is 6. The lowest BCUT2D eigenvalue weighted by atomic mass is 10.1. The van der Waals surface area contributed by atoms with E-state index in [0.29, 0.717) is 25.9 Å². The van der Waals surface area contributed by atoms with Gasteiger partial charge in [-0.05, 0) is 25.7 Å². The Bertz CT molecular complexity index is 541. The quantitative estimate of drug-likeness (QED) is 0.0855. The highest BCUT2D eigenvalue weighted by Crippen LogP contribution is 2.02. The summed E-state index contributed by atoms with van der Waals surface area (Å²) < 4.78 is 0. The van der Waals surface area contributed by atoms with Gasteiger partial charge in [0.15, 0.2) is 11.9 Å². The van der Waals surface area contributed by atoms with E-state index in [2.05, 4.69) is 21.3 Å².